The highest BCUT2D eigenvalue weighted by Gasteiger charge is 2.36. The Kier molecular flexibility index (Phi) is 3.08. The number of piperidine rings is 1. The highest BCUT2D eigenvalue weighted by atomic mass is 16.2. The first-order valence-electron chi connectivity index (χ1n) is 6.01. The summed E-state index contributed by atoms with van der Waals surface area (Å²) in [5.41, 5.74) is 0. The first-order chi connectivity index (χ1) is 7.20. The number of hydrogen-bond acceptors (Lipinski definition) is 2. The fraction of sp³-hybridized carbons (Fsp3) is 0.833. The van der Waals surface area contributed by atoms with Gasteiger partial charge in [0.25, 0.3) is 0 Å². The standard InChI is InChI=1S/C12H19NO2/c1-9(14)13-8-3-2-7-11(13)12(15)10-5-4-6-10/h10-11H,2-8H2,1H3. The molecule has 1 saturated carbocycles. The Morgan fingerprint density at radius 2 is 1.80 bits per heavy atom. The van der Waals surface area contributed by atoms with Crippen molar-refractivity contribution < 1.29 is 9.59 Å². The Hall–Kier alpha value is -0.860. The maximum atomic E-state index is 12.1. The number of likely N-dealkylation sites (tertiary alicyclic amines) is 1. The Labute approximate surface area is 90.8 Å². The molecule has 0 aromatic rings. The van der Waals surface area contributed by atoms with Gasteiger partial charge in [-0.3, -0.25) is 9.59 Å². The van der Waals surface area contributed by atoms with Crippen molar-refractivity contribution in [3.63, 3.8) is 0 Å². The molecule has 1 saturated heterocycles. The molecule has 2 aliphatic rings. The Morgan fingerprint density at radius 1 is 1.07 bits per heavy atom. The van der Waals surface area contributed by atoms with Crippen molar-refractivity contribution in [3.8, 4) is 0 Å². The molecule has 15 heavy (non-hydrogen) atoms. The van der Waals surface area contributed by atoms with E-state index in [9.17, 15) is 9.59 Å². The Balaban J connectivity index is 2.03. The van der Waals surface area contributed by atoms with E-state index in [1.165, 1.54) is 6.42 Å². The molecule has 1 atom stereocenters. The SMILES string of the molecule is CC(=O)N1CCCCC1C(=O)C1CCC1. The van der Waals surface area contributed by atoms with E-state index in [4.69, 9.17) is 0 Å². The maximum absolute atomic E-state index is 12.1. The number of amides is 1. The van der Waals surface area contributed by atoms with Crippen LogP contribution in [0.25, 0.3) is 0 Å². The van der Waals surface area contributed by atoms with Gasteiger partial charge < -0.3 is 4.90 Å². The van der Waals surface area contributed by atoms with Gasteiger partial charge in [-0.25, -0.2) is 0 Å². The molecule has 2 fully saturated rings. The van der Waals surface area contributed by atoms with Crippen molar-refractivity contribution in [1.82, 2.24) is 4.90 Å². The van der Waals surface area contributed by atoms with Gasteiger partial charge in [0.15, 0.2) is 5.78 Å². The van der Waals surface area contributed by atoms with Crippen LogP contribution in [0.3, 0.4) is 0 Å². The summed E-state index contributed by atoms with van der Waals surface area (Å²) in [4.78, 5) is 25.3. The fourth-order valence-electron chi connectivity index (χ4n) is 2.57. The minimum atomic E-state index is -0.0958. The topological polar surface area (TPSA) is 37.4 Å². The molecule has 0 N–H and O–H groups in total. The molecule has 84 valence electrons. The van der Waals surface area contributed by atoms with Crippen molar-refractivity contribution in [2.24, 2.45) is 5.92 Å². The van der Waals surface area contributed by atoms with E-state index in [1.807, 2.05) is 0 Å². The van der Waals surface area contributed by atoms with Crippen molar-refractivity contribution in [2.75, 3.05) is 6.54 Å². The van der Waals surface area contributed by atoms with Gasteiger partial charge >= 0.3 is 0 Å². The van der Waals surface area contributed by atoms with Crippen LogP contribution < -0.4 is 0 Å². The second kappa shape index (κ2) is 4.33. The van der Waals surface area contributed by atoms with E-state index >= 15 is 0 Å². The van der Waals surface area contributed by atoms with E-state index < -0.39 is 0 Å². The second-order valence-corrected chi connectivity index (χ2v) is 4.75. The largest absolute Gasteiger partial charge is 0.333 e. The fourth-order valence-corrected chi connectivity index (χ4v) is 2.57. The van der Waals surface area contributed by atoms with Gasteiger partial charge in [0.2, 0.25) is 5.91 Å². The summed E-state index contributed by atoms with van der Waals surface area (Å²) in [6.45, 7) is 2.35. The highest BCUT2D eigenvalue weighted by molar-refractivity contribution is 5.90. The number of nitrogens with zero attached hydrogens (tertiary/aromatic N) is 1. The third kappa shape index (κ3) is 2.06. The summed E-state index contributed by atoms with van der Waals surface area (Å²) in [7, 11) is 0. The second-order valence-electron chi connectivity index (χ2n) is 4.75. The lowest BCUT2D eigenvalue weighted by atomic mass is 9.78. The van der Waals surface area contributed by atoms with Crippen LogP contribution >= 0.6 is 0 Å². The molecule has 0 aromatic heterocycles. The van der Waals surface area contributed by atoms with Gasteiger partial charge in [0, 0.05) is 19.4 Å². The van der Waals surface area contributed by atoms with Crippen LogP contribution in [0.5, 0.6) is 0 Å². The molecule has 2 rings (SSSR count). The summed E-state index contributed by atoms with van der Waals surface area (Å²) >= 11 is 0. The molecule has 0 radical (unpaired) electrons. The van der Waals surface area contributed by atoms with Crippen LogP contribution in [0.2, 0.25) is 0 Å². The molecule has 0 bridgehead atoms. The van der Waals surface area contributed by atoms with Crippen molar-refractivity contribution in [3.05, 3.63) is 0 Å². The van der Waals surface area contributed by atoms with Gasteiger partial charge in [-0.1, -0.05) is 6.42 Å². The normalized spacial score (nSPS) is 27.3. The minimum Gasteiger partial charge on any atom is -0.333 e. The minimum absolute atomic E-state index is 0.0624. The summed E-state index contributed by atoms with van der Waals surface area (Å²) in [5.74, 6) is 0.651. The van der Waals surface area contributed by atoms with E-state index in [0.29, 0.717) is 5.78 Å². The van der Waals surface area contributed by atoms with E-state index in [-0.39, 0.29) is 17.9 Å². The van der Waals surface area contributed by atoms with E-state index in [1.54, 1.807) is 11.8 Å². The van der Waals surface area contributed by atoms with Crippen LogP contribution in [0.1, 0.15) is 45.4 Å². The van der Waals surface area contributed by atoms with Gasteiger partial charge in [-0.2, -0.15) is 0 Å². The lowest BCUT2D eigenvalue weighted by Crippen LogP contribution is -2.49. The molecular weight excluding hydrogens is 190 g/mol. The summed E-state index contributed by atoms with van der Waals surface area (Å²) in [6.07, 6.45) is 6.29. The first-order valence-corrected chi connectivity index (χ1v) is 6.01. The zero-order chi connectivity index (χ0) is 10.8. The summed E-state index contributed by atoms with van der Waals surface area (Å²) < 4.78 is 0. The third-order valence-electron chi connectivity index (χ3n) is 3.74. The van der Waals surface area contributed by atoms with Crippen LogP contribution in [-0.4, -0.2) is 29.2 Å². The van der Waals surface area contributed by atoms with Gasteiger partial charge in [-0.15, -0.1) is 0 Å². The third-order valence-corrected chi connectivity index (χ3v) is 3.74. The van der Waals surface area contributed by atoms with Crippen molar-refractivity contribution >= 4 is 11.7 Å². The van der Waals surface area contributed by atoms with Gasteiger partial charge in [0.1, 0.15) is 0 Å². The summed E-state index contributed by atoms with van der Waals surface area (Å²) in [5, 5.41) is 0. The molecule has 0 spiro atoms. The van der Waals surface area contributed by atoms with Gasteiger partial charge in [0.05, 0.1) is 6.04 Å². The molecule has 1 amide bonds. The van der Waals surface area contributed by atoms with E-state index in [0.717, 1.165) is 38.6 Å². The average Bonchev–Trinajstić information content (AvgIpc) is 2.15. The zero-order valence-electron chi connectivity index (χ0n) is 9.37. The number of Topliss-reactive ketones (excluding diaryl/α,β-unsaturated/α-hetero) is 1. The molecule has 1 aliphatic heterocycles. The zero-order valence-corrected chi connectivity index (χ0v) is 9.37. The van der Waals surface area contributed by atoms with Crippen LogP contribution in [0.4, 0.5) is 0 Å². The lowest BCUT2D eigenvalue weighted by molar-refractivity contribution is -0.142. The van der Waals surface area contributed by atoms with Crippen LogP contribution in [0, 0.1) is 5.92 Å². The number of ketones is 1. The Bertz CT molecular complexity index is 271. The van der Waals surface area contributed by atoms with Crippen molar-refractivity contribution in [2.45, 2.75) is 51.5 Å². The molecular formula is C12H19NO2. The average molecular weight is 209 g/mol. The molecule has 1 unspecified atom stereocenters. The molecule has 3 heteroatoms. The monoisotopic (exact) mass is 209 g/mol. The molecule has 1 heterocycles. The predicted octanol–water partition coefficient (Wildman–Crippen LogP) is 1.76. The van der Waals surface area contributed by atoms with Crippen LogP contribution in [-0.2, 0) is 9.59 Å². The predicted molar refractivity (Wildman–Crippen MR) is 57.4 cm³/mol. The maximum Gasteiger partial charge on any atom is 0.220 e. The van der Waals surface area contributed by atoms with Crippen molar-refractivity contribution in [1.29, 1.82) is 0 Å². The van der Waals surface area contributed by atoms with Gasteiger partial charge in [-0.05, 0) is 32.1 Å². The summed E-state index contributed by atoms with van der Waals surface area (Å²) in [6, 6.07) is -0.0958. The molecule has 3 nitrogen and oxygen atoms in total. The molecule has 0 aromatic carbocycles. The first kappa shape index (κ1) is 10.7. The smallest absolute Gasteiger partial charge is 0.220 e. The number of carbonyl (C=O) groups is 2. The lowest BCUT2D eigenvalue weighted by Gasteiger charge is -2.37. The van der Waals surface area contributed by atoms with Crippen LogP contribution in [0.15, 0.2) is 0 Å². The Morgan fingerprint density at radius 3 is 2.33 bits per heavy atom. The number of hydrogen-bond donors (Lipinski definition) is 0. The van der Waals surface area contributed by atoms with E-state index in [2.05, 4.69) is 0 Å². The number of rotatable bonds is 2. The highest BCUT2D eigenvalue weighted by Crippen LogP contribution is 2.31. The quantitative estimate of drug-likeness (QED) is 0.695. The number of carbonyl (C=O) groups excluding carboxylic acids is 2. The molecule has 1 aliphatic carbocycles.